The number of allylic oxidation sites excluding steroid dienone is 7. The molecular formula is C43H70BrNO3. The first-order valence-electron chi connectivity index (χ1n) is 18.2. The van der Waals surface area contributed by atoms with Gasteiger partial charge in [-0.05, 0) is 95.0 Å². The van der Waals surface area contributed by atoms with Crippen LogP contribution in [-0.4, -0.2) is 25.5 Å². The molecule has 0 aromatic heterocycles. The Morgan fingerprint density at radius 1 is 1.04 bits per heavy atom. The van der Waals surface area contributed by atoms with E-state index in [9.17, 15) is 9.59 Å². The summed E-state index contributed by atoms with van der Waals surface area (Å²) in [6.07, 6.45) is 20.7. The number of amides is 1. The highest BCUT2D eigenvalue weighted by Gasteiger charge is 2.17. The molecule has 272 valence electrons. The largest absolute Gasteiger partial charge is 0.362 e. The number of carbonyl (C=O) groups is 3. The molecule has 0 saturated heterocycles. The van der Waals surface area contributed by atoms with Crippen LogP contribution in [0.15, 0.2) is 70.8 Å². The minimum absolute atomic E-state index is 0.197. The van der Waals surface area contributed by atoms with Crippen molar-refractivity contribution in [3.05, 3.63) is 81.9 Å². The molecule has 3 unspecified atom stereocenters. The van der Waals surface area contributed by atoms with E-state index in [1.807, 2.05) is 19.1 Å². The molecule has 0 aliphatic heterocycles. The van der Waals surface area contributed by atoms with E-state index >= 15 is 0 Å². The van der Waals surface area contributed by atoms with Crippen LogP contribution < -0.4 is 5.32 Å². The summed E-state index contributed by atoms with van der Waals surface area (Å²) in [6, 6.07) is 8.94. The van der Waals surface area contributed by atoms with Crippen molar-refractivity contribution in [3.8, 4) is 0 Å². The van der Waals surface area contributed by atoms with Crippen LogP contribution in [0.2, 0.25) is 0 Å². The molecule has 48 heavy (non-hydrogen) atoms. The van der Waals surface area contributed by atoms with Gasteiger partial charge in [-0.15, -0.1) is 0 Å². The van der Waals surface area contributed by atoms with E-state index in [0.29, 0.717) is 24.7 Å². The number of hydrogen-bond donors (Lipinski definition) is 1. The molecule has 0 heterocycles. The third-order valence-corrected chi connectivity index (χ3v) is 9.36. The fraction of sp³-hybridized carbons (Fsp3) is 0.605. The molecule has 1 aliphatic rings. The number of hydrogen-bond acceptors (Lipinski definition) is 3. The number of benzene rings is 1. The van der Waals surface area contributed by atoms with Crippen molar-refractivity contribution in [2.75, 3.05) is 7.05 Å². The van der Waals surface area contributed by atoms with Crippen molar-refractivity contribution in [1.29, 1.82) is 0 Å². The van der Waals surface area contributed by atoms with Gasteiger partial charge >= 0.3 is 0 Å². The molecule has 2 rings (SSSR count). The lowest BCUT2D eigenvalue weighted by Gasteiger charge is -2.23. The van der Waals surface area contributed by atoms with Crippen LogP contribution in [0.3, 0.4) is 0 Å². The summed E-state index contributed by atoms with van der Waals surface area (Å²) in [5.41, 5.74) is 5.13. The first-order chi connectivity index (χ1) is 22.7. The Kier molecular flexibility index (Phi) is 28.1. The second kappa shape index (κ2) is 28.3. The molecule has 0 radical (unpaired) electrons. The second-order valence-electron chi connectivity index (χ2n) is 14.1. The van der Waals surface area contributed by atoms with Crippen LogP contribution in [0.1, 0.15) is 138 Å². The van der Waals surface area contributed by atoms with E-state index in [4.69, 9.17) is 4.79 Å². The van der Waals surface area contributed by atoms with Gasteiger partial charge < -0.3 is 5.32 Å². The Labute approximate surface area is 304 Å². The fourth-order valence-electron chi connectivity index (χ4n) is 5.80. The minimum atomic E-state index is 0.197. The van der Waals surface area contributed by atoms with Gasteiger partial charge in [0.25, 0.3) is 0 Å². The van der Waals surface area contributed by atoms with Gasteiger partial charge in [0.2, 0.25) is 6.41 Å². The Balaban J connectivity index is 0. The van der Waals surface area contributed by atoms with Crippen molar-refractivity contribution < 1.29 is 14.4 Å². The topological polar surface area (TPSA) is 63.2 Å². The number of ketones is 1. The van der Waals surface area contributed by atoms with Crippen molar-refractivity contribution in [2.24, 2.45) is 23.7 Å². The zero-order valence-corrected chi connectivity index (χ0v) is 34.0. The zero-order valence-electron chi connectivity index (χ0n) is 32.5. The van der Waals surface area contributed by atoms with Gasteiger partial charge in [0.05, 0.1) is 0 Å². The maximum atomic E-state index is 11.2. The lowest BCUT2D eigenvalue weighted by Crippen LogP contribution is -2.14. The Hall–Kier alpha value is -2.53. The first-order valence-corrected chi connectivity index (χ1v) is 19.0. The van der Waals surface area contributed by atoms with E-state index in [1.54, 1.807) is 12.6 Å². The smallest absolute Gasteiger partial charge is 0.206 e. The number of aldehydes is 1. The van der Waals surface area contributed by atoms with Crippen molar-refractivity contribution in [1.82, 2.24) is 5.32 Å². The van der Waals surface area contributed by atoms with Gasteiger partial charge in [-0.2, -0.15) is 0 Å². The highest BCUT2D eigenvalue weighted by atomic mass is 79.9. The summed E-state index contributed by atoms with van der Waals surface area (Å²) in [6.45, 7) is 25.8. The summed E-state index contributed by atoms with van der Waals surface area (Å²) >= 11 is 3.47. The van der Waals surface area contributed by atoms with Gasteiger partial charge in [-0.3, -0.25) is 14.4 Å². The van der Waals surface area contributed by atoms with E-state index in [-0.39, 0.29) is 11.2 Å². The minimum Gasteiger partial charge on any atom is -0.362 e. The maximum Gasteiger partial charge on any atom is 0.206 e. The number of halogens is 1. The lowest BCUT2D eigenvalue weighted by atomic mass is 9.82. The number of aryl methyl sites for hydroxylation is 1. The average Bonchev–Trinajstić information content (AvgIpc) is 3.06. The standard InChI is InChI=1S/C17H28.C13H24O.C11H13BrO.C2H5NO/c1-6-9-14(2)12-13-15-10-7-8-11-16(15)17(3,4)5;1-5-11(6-2)9-12(7-3)10-13(14)8-4;1-3-9(7-13)10-4-8(2)5-11(12)6-10;1-3-2-4/h7-8,10-11,14H,6,9,12-13H2,1-5H3;8,11-12H,4-7,9-10H2,1-3H3;3-4,6-8H,5H2,1-2H3;2H,1H3,(H,3,4)/b;;9-3+;. The van der Waals surface area contributed by atoms with Crippen LogP contribution in [0.25, 0.3) is 0 Å². The molecule has 4 nitrogen and oxygen atoms in total. The van der Waals surface area contributed by atoms with Crippen molar-refractivity contribution >= 4 is 34.4 Å². The van der Waals surface area contributed by atoms with Gasteiger partial charge in [0.15, 0.2) is 5.78 Å². The molecule has 3 atom stereocenters. The van der Waals surface area contributed by atoms with E-state index in [2.05, 4.69) is 120 Å². The molecule has 1 N–H and O–H groups in total. The summed E-state index contributed by atoms with van der Waals surface area (Å²) in [5, 5.41) is 2.25. The Morgan fingerprint density at radius 3 is 2.06 bits per heavy atom. The third-order valence-electron chi connectivity index (χ3n) is 8.81. The molecule has 0 bridgehead atoms. The SMILES string of the molecule is C/C=C(\C=O)C1=CC(C)CC(Br)=C1.C=CC(=O)CC(CC)CC(CC)CC.CCCC(C)CCc1ccccc1C(C)(C)C.CNC=O. The normalized spacial score (nSPS) is 15.4. The van der Waals surface area contributed by atoms with Gasteiger partial charge in [0.1, 0.15) is 6.29 Å². The van der Waals surface area contributed by atoms with Crippen LogP contribution in [0.4, 0.5) is 0 Å². The fourth-order valence-corrected chi connectivity index (χ4v) is 6.55. The van der Waals surface area contributed by atoms with Crippen LogP contribution in [-0.2, 0) is 26.2 Å². The second-order valence-corrected chi connectivity index (χ2v) is 15.1. The number of rotatable bonds is 16. The molecule has 1 aliphatic carbocycles. The van der Waals surface area contributed by atoms with Crippen LogP contribution in [0.5, 0.6) is 0 Å². The highest BCUT2D eigenvalue weighted by molar-refractivity contribution is 9.11. The van der Waals surface area contributed by atoms with E-state index < -0.39 is 0 Å². The highest BCUT2D eigenvalue weighted by Crippen LogP contribution is 2.29. The molecule has 0 saturated carbocycles. The quantitative estimate of drug-likeness (QED) is 0.136. The van der Waals surface area contributed by atoms with Crippen LogP contribution in [0, 0.1) is 23.7 Å². The van der Waals surface area contributed by atoms with Crippen molar-refractivity contribution in [3.63, 3.8) is 0 Å². The summed E-state index contributed by atoms with van der Waals surface area (Å²) in [5.74, 6) is 2.91. The van der Waals surface area contributed by atoms with Crippen LogP contribution >= 0.6 is 15.9 Å². The maximum absolute atomic E-state index is 11.2. The predicted molar refractivity (Wildman–Crippen MR) is 214 cm³/mol. The lowest BCUT2D eigenvalue weighted by molar-refractivity contribution is -0.115. The Bertz CT molecular complexity index is 1140. The zero-order chi connectivity index (χ0) is 37.1. The Morgan fingerprint density at radius 2 is 1.62 bits per heavy atom. The third kappa shape index (κ3) is 22.2. The molecule has 0 spiro atoms. The summed E-state index contributed by atoms with van der Waals surface area (Å²) in [7, 11) is 1.56. The molecule has 1 aromatic rings. The van der Waals surface area contributed by atoms with Gasteiger partial charge in [0, 0.05) is 19.0 Å². The summed E-state index contributed by atoms with van der Waals surface area (Å²) in [4.78, 5) is 31.0. The molecule has 1 aromatic carbocycles. The monoisotopic (exact) mass is 727 g/mol. The first kappa shape index (κ1) is 47.6. The van der Waals surface area contributed by atoms with E-state index in [0.717, 1.165) is 42.1 Å². The molecule has 5 heteroatoms. The number of carbonyl (C=O) groups excluding carboxylic acids is 3. The molecular weight excluding hydrogens is 658 g/mol. The molecule has 1 amide bonds. The average molecular weight is 729 g/mol. The van der Waals surface area contributed by atoms with Gasteiger partial charge in [-0.25, -0.2) is 0 Å². The molecule has 0 fully saturated rings. The summed E-state index contributed by atoms with van der Waals surface area (Å²) < 4.78 is 1.17. The van der Waals surface area contributed by atoms with Gasteiger partial charge in [-0.1, -0.05) is 153 Å². The number of nitrogens with one attached hydrogen (secondary N) is 1. The van der Waals surface area contributed by atoms with Crippen molar-refractivity contribution in [2.45, 2.75) is 139 Å². The van der Waals surface area contributed by atoms with E-state index in [1.165, 1.54) is 61.1 Å². The predicted octanol–water partition coefficient (Wildman–Crippen LogP) is 12.1.